The van der Waals surface area contributed by atoms with E-state index in [9.17, 15) is 9.90 Å². The molecule has 1 amide bonds. The minimum absolute atomic E-state index is 0.00500. The Balaban J connectivity index is 1.86. The average molecular weight is 291 g/mol. The molecule has 1 aromatic carbocycles. The Bertz CT molecular complexity index is 485. The number of benzene rings is 1. The fraction of sp³-hybridized carbons (Fsp3) is 0.588. The van der Waals surface area contributed by atoms with E-state index in [1.807, 2.05) is 31.2 Å². The van der Waals surface area contributed by atoms with Gasteiger partial charge in [0.1, 0.15) is 5.75 Å². The molecular weight excluding hydrogens is 266 g/mol. The third kappa shape index (κ3) is 4.74. The Kier molecular flexibility index (Phi) is 5.23. The van der Waals surface area contributed by atoms with Crippen LogP contribution in [0.3, 0.4) is 0 Å². The number of amides is 1. The molecule has 116 valence electrons. The van der Waals surface area contributed by atoms with Crippen molar-refractivity contribution in [2.75, 3.05) is 19.7 Å². The lowest BCUT2D eigenvalue weighted by atomic mass is 9.98. The molecule has 1 aliphatic heterocycles. The number of nitrogens with zero attached hydrogens (tertiary/aromatic N) is 1. The predicted molar refractivity (Wildman–Crippen MR) is 82.4 cm³/mol. The molecule has 0 aromatic heterocycles. The van der Waals surface area contributed by atoms with Gasteiger partial charge in [-0.25, -0.2) is 0 Å². The Labute approximate surface area is 126 Å². The summed E-state index contributed by atoms with van der Waals surface area (Å²) in [7, 11) is 0. The van der Waals surface area contributed by atoms with Crippen molar-refractivity contribution in [1.82, 2.24) is 4.90 Å². The third-order valence-corrected chi connectivity index (χ3v) is 4.09. The van der Waals surface area contributed by atoms with Crippen LogP contribution in [0.2, 0.25) is 0 Å². The lowest BCUT2D eigenvalue weighted by Crippen LogP contribution is -2.36. The monoisotopic (exact) mass is 291 g/mol. The first-order valence-corrected chi connectivity index (χ1v) is 7.72. The molecular formula is C17H25NO3. The van der Waals surface area contributed by atoms with E-state index < -0.39 is 5.60 Å². The first kappa shape index (κ1) is 15.8. The van der Waals surface area contributed by atoms with E-state index in [-0.39, 0.29) is 12.5 Å². The van der Waals surface area contributed by atoms with E-state index in [1.165, 1.54) is 5.56 Å². The molecule has 1 aromatic rings. The first-order valence-electron chi connectivity index (χ1n) is 7.72. The Morgan fingerprint density at radius 1 is 1.38 bits per heavy atom. The molecule has 4 nitrogen and oxygen atoms in total. The highest BCUT2D eigenvalue weighted by molar-refractivity contribution is 5.77. The molecule has 0 spiro atoms. The van der Waals surface area contributed by atoms with Crippen molar-refractivity contribution in [2.45, 2.75) is 45.1 Å². The standard InChI is InChI=1S/C17H25NO3/c1-3-14-6-4-7-15(12-14)21-13-16(19)18-10-5-8-17(2,20)9-11-18/h4,6-7,12,20H,3,5,8-11,13H2,1-2H3. The fourth-order valence-corrected chi connectivity index (χ4v) is 2.60. The van der Waals surface area contributed by atoms with Gasteiger partial charge in [-0.1, -0.05) is 19.1 Å². The van der Waals surface area contributed by atoms with E-state index >= 15 is 0 Å². The molecule has 1 fully saturated rings. The zero-order valence-corrected chi connectivity index (χ0v) is 13.0. The molecule has 21 heavy (non-hydrogen) atoms. The fourth-order valence-electron chi connectivity index (χ4n) is 2.60. The molecule has 0 radical (unpaired) electrons. The number of ether oxygens (including phenoxy) is 1. The van der Waals surface area contributed by atoms with E-state index in [0.717, 1.165) is 25.0 Å². The highest BCUT2D eigenvalue weighted by atomic mass is 16.5. The summed E-state index contributed by atoms with van der Waals surface area (Å²) in [4.78, 5) is 14.0. The second-order valence-electron chi connectivity index (χ2n) is 6.02. The number of hydrogen-bond donors (Lipinski definition) is 1. The molecule has 1 saturated heterocycles. The lowest BCUT2D eigenvalue weighted by Gasteiger charge is -2.22. The van der Waals surface area contributed by atoms with Crippen molar-refractivity contribution in [3.8, 4) is 5.75 Å². The van der Waals surface area contributed by atoms with Gasteiger partial charge in [0.2, 0.25) is 0 Å². The Hall–Kier alpha value is -1.55. The van der Waals surface area contributed by atoms with E-state index in [2.05, 4.69) is 6.92 Å². The van der Waals surface area contributed by atoms with Crippen molar-refractivity contribution in [1.29, 1.82) is 0 Å². The van der Waals surface area contributed by atoms with Crippen molar-refractivity contribution < 1.29 is 14.6 Å². The van der Waals surface area contributed by atoms with Gasteiger partial charge in [0.05, 0.1) is 5.60 Å². The molecule has 2 rings (SSSR count). The summed E-state index contributed by atoms with van der Waals surface area (Å²) < 4.78 is 5.60. The maximum Gasteiger partial charge on any atom is 0.260 e. The van der Waals surface area contributed by atoms with Crippen LogP contribution in [0, 0.1) is 0 Å². The summed E-state index contributed by atoms with van der Waals surface area (Å²) in [6.45, 7) is 5.30. The number of rotatable bonds is 4. The van der Waals surface area contributed by atoms with E-state index in [1.54, 1.807) is 4.90 Å². The zero-order chi connectivity index (χ0) is 15.3. The topological polar surface area (TPSA) is 49.8 Å². The first-order chi connectivity index (χ1) is 10.00. The van der Waals surface area contributed by atoms with Crippen LogP contribution in [-0.2, 0) is 11.2 Å². The molecule has 1 aliphatic rings. The van der Waals surface area contributed by atoms with Crippen molar-refractivity contribution in [3.63, 3.8) is 0 Å². The van der Waals surface area contributed by atoms with Crippen molar-refractivity contribution in [3.05, 3.63) is 29.8 Å². The van der Waals surface area contributed by atoms with Crippen LogP contribution in [0.5, 0.6) is 5.75 Å². The summed E-state index contributed by atoms with van der Waals surface area (Å²) in [6, 6.07) is 7.84. The van der Waals surface area contributed by atoms with Crippen LogP contribution in [0.1, 0.15) is 38.7 Å². The maximum absolute atomic E-state index is 12.2. The molecule has 1 N–H and O–H groups in total. The summed E-state index contributed by atoms with van der Waals surface area (Å²) in [5.74, 6) is 0.735. The SMILES string of the molecule is CCc1cccc(OCC(=O)N2CCCC(C)(O)CC2)c1. The maximum atomic E-state index is 12.2. The highest BCUT2D eigenvalue weighted by Crippen LogP contribution is 2.21. The molecule has 0 saturated carbocycles. The number of aliphatic hydroxyl groups is 1. The van der Waals surface area contributed by atoms with Gasteiger partial charge in [-0.15, -0.1) is 0 Å². The second-order valence-corrected chi connectivity index (χ2v) is 6.02. The van der Waals surface area contributed by atoms with Gasteiger partial charge in [-0.3, -0.25) is 4.79 Å². The Morgan fingerprint density at radius 2 is 2.19 bits per heavy atom. The zero-order valence-electron chi connectivity index (χ0n) is 13.0. The van der Waals surface area contributed by atoms with Gasteiger partial charge in [0.15, 0.2) is 6.61 Å². The van der Waals surface area contributed by atoms with E-state index in [0.29, 0.717) is 19.5 Å². The lowest BCUT2D eigenvalue weighted by molar-refractivity contribution is -0.133. The van der Waals surface area contributed by atoms with Gasteiger partial charge in [-0.2, -0.15) is 0 Å². The summed E-state index contributed by atoms with van der Waals surface area (Å²) in [5, 5.41) is 10.1. The van der Waals surface area contributed by atoms with Crippen LogP contribution in [-0.4, -0.2) is 41.2 Å². The number of carbonyl (C=O) groups is 1. The van der Waals surface area contributed by atoms with Crippen LogP contribution >= 0.6 is 0 Å². The normalized spacial score (nSPS) is 22.7. The highest BCUT2D eigenvalue weighted by Gasteiger charge is 2.27. The van der Waals surface area contributed by atoms with Gasteiger partial charge in [-0.05, 0) is 50.3 Å². The number of aryl methyl sites for hydroxylation is 1. The molecule has 4 heteroatoms. The summed E-state index contributed by atoms with van der Waals surface area (Å²) >= 11 is 0. The molecule has 1 unspecified atom stereocenters. The van der Waals surface area contributed by atoms with Crippen LogP contribution in [0.25, 0.3) is 0 Å². The van der Waals surface area contributed by atoms with Gasteiger partial charge in [0.25, 0.3) is 5.91 Å². The quantitative estimate of drug-likeness (QED) is 0.926. The number of likely N-dealkylation sites (tertiary alicyclic amines) is 1. The summed E-state index contributed by atoms with van der Waals surface area (Å²) in [5.41, 5.74) is 0.552. The third-order valence-electron chi connectivity index (χ3n) is 4.09. The largest absolute Gasteiger partial charge is 0.484 e. The van der Waals surface area contributed by atoms with Crippen molar-refractivity contribution >= 4 is 5.91 Å². The minimum Gasteiger partial charge on any atom is -0.484 e. The van der Waals surface area contributed by atoms with Crippen LogP contribution in [0.15, 0.2) is 24.3 Å². The molecule has 1 heterocycles. The molecule has 0 bridgehead atoms. The average Bonchev–Trinajstić information content (AvgIpc) is 2.66. The molecule has 0 aliphatic carbocycles. The van der Waals surface area contributed by atoms with Gasteiger partial charge >= 0.3 is 0 Å². The van der Waals surface area contributed by atoms with Crippen molar-refractivity contribution in [2.24, 2.45) is 0 Å². The Morgan fingerprint density at radius 3 is 2.95 bits per heavy atom. The van der Waals surface area contributed by atoms with Gasteiger partial charge in [0, 0.05) is 13.1 Å². The summed E-state index contributed by atoms with van der Waals surface area (Å²) in [6.07, 6.45) is 3.16. The van der Waals surface area contributed by atoms with Crippen LogP contribution in [0.4, 0.5) is 0 Å². The van der Waals surface area contributed by atoms with E-state index in [4.69, 9.17) is 4.74 Å². The predicted octanol–water partition coefficient (Wildman–Crippen LogP) is 2.39. The van der Waals surface area contributed by atoms with Gasteiger partial charge < -0.3 is 14.7 Å². The minimum atomic E-state index is -0.647. The number of carbonyl (C=O) groups excluding carboxylic acids is 1. The molecule has 1 atom stereocenters. The smallest absolute Gasteiger partial charge is 0.260 e. The second kappa shape index (κ2) is 6.94. The number of hydrogen-bond acceptors (Lipinski definition) is 3. The van der Waals surface area contributed by atoms with Crippen LogP contribution < -0.4 is 4.74 Å².